The van der Waals surface area contributed by atoms with Crippen molar-refractivity contribution >= 4 is 17.5 Å². The highest BCUT2D eigenvalue weighted by Gasteiger charge is 2.68. The van der Waals surface area contributed by atoms with Crippen molar-refractivity contribution in [3.8, 4) is 0 Å². The standard InChI is InChI=1S/C23H30O6/c1-13(24)29-12-19(27)23(28)9-7-17-16-5-4-14-10-15(25)6-8-21(14,2)20(16)18(26)11-22(17,23)3/h6,8,10,16-17,19-20,27-28H,4-5,7,9,11-12H2,1-3H3/t16?,17?,19?,20?,21?,22?,23-/m0/s1. The van der Waals surface area contributed by atoms with Crippen LogP contribution in [0.3, 0.4) is 0 Å². The number of carbonyl (C=O) groups excluding carboxylic acids is 3. The average molecular weight is 402 g/mol. The minimum absolute atomic E-state index is 0.0205. The largest absolute Gasteiger partial charge is 0.463 e. The molecule has 0 aromatic carbocycles. The summed E-state index contributed by atoms with van der Waals surface area (Å²) in [4.78, 5) is 36.5. The van der Waals surface area contributed by atoms with Crippen molar-refractivity contribution in [3.05, 3.63) is 23.8 Å². The number of hydrogen-bond donors (Lipinski definition) is 2. The second-order valence-electron chi connectivity index (χ2n) is 9.82. The lowest BCUT2D eigenvalue weighted by atomic mass is 9.46. The summed E-state index contributed by atoms with van der Waals surface area (Å²) in [5.41, 5.74) is -1.65. The zero-order valence-corrected chi connectivity index (χ0v) is 17.3. The van der Waals surface area contributed by atoms with Gasteiger partial charge in [0, 0.05) is 30.1 Å². The van der Waals surface area contributed by atoms with Crippen LogP contribution in [-0.4, -0.2) is 46.1 Å². The maximum Gasteiger partial charge on any atom is 0.302 e. The Morgan fingerprint density at radius 2 is 2.03 bits per heavy atom. The van der Waals surface area contributed by atoms with E-state index >= 15 is 0 Å². The van der Waals surface area contributed by atoms with E-state index in [4.69, 9.17) is 4.74 Å². The molecular formula is C23H30O6. The summed E-state index contributed by atoms with van der Waals surface area (Å²) in [7, 11) is 0. The molecule has 2 N–H and O–H groups in total. The number of rotatable bonds is 3. The van der Waals surface area contributed by atoms with Gasteiger partial charge in [0.2, 0.25) is 0 Å². The van der Waals surface area contributed by atoms with Gasteiger partial charge in [-0.2, -0.15) is 0 Å². The number of allylic oxidation sites excluding steroid dienone is 4. The third-order valence-electron chi connectivity index (χ3n) is 8.47. The lowest BCUT2D eigenvalue weighted by Crippen LogP contribution is -2.61. The summed E-state index contributed by atoms with van der Waals surface area (Å²) in [6, 6.07) is 0. The SMILES string of the molecule is CC(=O)OCC(O)[C@@]1(O)CCC2C3CCC4=CC(=O)C=CC4(C)C3C(=O)CC21C. The molecule has 0 heterocycles. The van der Waals surface area contributed by atoms with Gasteiger partial charge in [-0.05, 0) is 49.7 Å². The fourth-order valence-corrected chi connectivity index (χ4v) is 6.95. The Bertz CT molecular complexity index is 827. The summed E-state index contributed by atoms with van der Waals surface area (Å²) in [5, 5.41) is 22.2. The average Bonchev–Trinajstić information content (AvgIpc) is 2.91. The third-order valence-corrected chi connectivity index (χ3v) is 8.47. The normalized spacial score (nSPS) is 44.4. The molecule has 158 valence electrons. The van der Waals surface area contributed by atoms with E-state index in [9.17, 15) is 24.6 Å². The van der Waals surface area contributed by atoms with E-state index in [1.807, 2.05) is 13.0 Å². The summed E-state index contributed by atoms with van der Waals surface area (Å²) < 4.78 is 4.95. The van der Waals surface area contributed by atoms with E-state index < -0.39 is 28.5 Å². The van der Waals surface area contributed by atoms with Crippen LogP contribution >= 0.6 is 0 Å². The van der Waals surface area contributed by atoms with Gasteiger partial charge in [-0.3, -0.25) is 14.4 Å². The molecule has 0 saturated heterocycles. The van der Waals surface area contributed by atoms with Gasteiger partial charge >= 0.3 is 5.97 Å². The minimum Gasteiger partial charge on any atom is -0.463 e. The number of ketones is 2. The van der Waals surface area contributed by atoms with Crippen LogP contribution in [0, 0.1) is 28.6 Å². The van der Waals surface area contributed by atoms with Gasteiger partial charge in [0.1, 0.15) is 18.5 Å². The van der Waals surface area contributed by atoms with Gasteiger partial charge < -0.3 is 14.9 Å². The molecule has 3 saturated carbocycles. The van der Waals surface area contributed by atoms with E-state index in [0.29, 0.717) is 6.42 Å². The Balaban J connectivity index is 1.66. The molecule has 6 unspecified atom stereocenters. The molecule has 0 spiro atoms. The second-order valence-corrected chi connectivity index (χ2v) is 9.82. The molecule has 6 heteroatoms. The monoisotopic (exact) mass is 402 g/mol. The first-order valence-electron chi connectivity index (χ1n) is 10.5. The first-order chi connectivity index (χ1) is 13.5. The molecule has 3 fully saturated rings. The third kappa shape index (κ3) is 2.79. The van der Waals surface area contributed by atoms with Crippen LogP contribution in [0.2, 0.25) is 0 Å². The first-order valence-corrected chi connectivity index (χ1v) is 10.5. The Morgan fingerprint density at radius 1 is 1.31 bits per heavy atom. The van der Waals surface area contributed by atoms with Crippen LogP contribution in [0.5, 0.6) is 0 Å². The van der Waals surface area contributed by atoms with Gasteiger partial charge in [0.25, 0.3) is 0 Å². The van der Waals surface area contributed by atoms with E-state index in [1.165, 1.54) is 6.92 Å². The number of aliphatic hydroxyl groups is 2. The fraction of sp³-hybridized carbons (Fsp3) is 0.696. The van der Waals surface area contributed by atoms with Gasteiger partial charge in [-0.15, -0.1) is 0 Å². The number of aliphatic hydroxyl groups excluding tert-OH is 1. The lowest BCUT2D eigenvalue weighted by molar-refractivity contribution is -0.191. The number of Topliss-reactive ketones (excluding diaryl/α,β-unsaturated/α-hetero) is 1. The molecule has 0 aliphatic heterocycles. The van der Waals surface area contributed by atoms with E-state index in [1.54, 1.807) is 12.2 Å². The number of ether oxygens (including phenoxy) is 1. The predicted octanol–water partition coefficient (Wildman–Crippen LogP) is 2.13. The van der Waals surface area contributed by atoms with Crippen LogP contribution in [0.15, 0.2) is 23.8 Å². The number of fused-ring (bicyclic) bond motifs is 5. The van der Waals surface area contributed by atoms with Gasteiger partial charge in [-0.25, -0.2) is 0 Å². The smallest absolute Gasteiger partial charge is 0.302 e. The highest BCUT2D eigenvalue weighted by atomic mass is 16.5. The zero-order chi connectivity index (χ0) is 21.2. The predicted molar refractivity (Wildman–Crippen MR) is 105 cm³/mol. The molecule has 0 aromatic heterocycles. The van der Waals surface area contributed by atoms with Gasteiger partial charge in [0.15, 0.2) is 5.78 Å². The molecule has 0 aromatic rings. The van der Waals surface area contributed by atoms with Crippen LogP contribution < -0.4 is 0 Å². The molecule has 4 aliphatic rings. The highest BCUT2D eigenvalue weighted by molar-refractivity contribution is 6.01. The maximum atomic E-state index is 13.5. The molecule has 4 rings (SSSR count). The fourth-order valence-electron chi connectivity index (χ4n) is 6.95. The van der Waals surface area contributed by atoms with Crippen molar-refractivity contribution in [3.63, 3.8) is 0 Å². The van der Waals surface area contributed by atoms with Crippen molar-refractivity contribution in [1.29, 1.82) is 0 Å². The highest BCUT2D eigenvalue weighted by Crippen LogP contribution is 2.66. The topological polar surface area (TPSA) is 101 Å². The zero-order valence-electron chi connectivity index (χ0n) is 17.3. The summed E-state index contributed by atoms with van der Waals surface area (Å²) in [5.74, 6) is -0.473. The van der Waals surface area contributed by atoms with Crippen molar-refractivity contribution in [2.75, 3.05) is 6.61 Å². The van der Waals surface area contributed by atoms with Crippen LogP contribution in [0.4, 0.5) is 0 Å². The molecule has 0 radical (unpaired) electrons. The lowest BCUT2D eigenvalue weighted by Gasteiger charge is -2.57. The molecule has 4 aliphatic carbocycles. The Labute approximate surface area is 171 Å². The number of esters is 1. The van der Waals surface area contributed by atoms with E-state index in [0.717, 1.165) is 24.8 Å². The quantitative estimate of drug-likeness (QED) is 0.702. The summed E-state index contributed by atoms with van der Waals surface area (Å²) in [6.45, 7) is 4.95. The van der Waals surface area contributed by atoms with Crippen LogP contribution in [-0.2, 0) is 19.1 Å². The van der Waals surface area contributed by atoms with Gasteiger partial charge in [-0.1, -0.05) is 25.5 Å². The Kier molecular flexibility index (Phi) is 4.67. The van der Waals surface area contributed by atoms with Crippen LogP contribution in [0.25, 0.3) is 0 Å². The summed E-state index contributed by atoms with van der Waals surface area (Å²) >= 11 is 0. The minimum atomic E-state index is -1.47. The first kappa shape index (κ1) is 20.5. The van der Waals surface area contributed by atoms with Crippen molar-refractivity contribution in [2.24, 2.45) is 28.6 Å². The molecular weight excluding hydrogens is 372 g/mol. The second kappa shape index (κ2) is 6.61. The maximum absolute atomic E-state index is 13.5. The van der Waals surface area contributed by atoms with E-state index in [2.05, 4.69) is 6.92 Å². The summed E-state index contributed by atoms with van der Waals surface area (Å²) in [6.07, 6.45) is 6.77. The number of carbonyl (C=O) groups is 3. The van der Waals surface area contributed by atoms with Crippen molar-refractivity contribution in [2.45, 2.75) is 64.6 Å². The molecule has 0 bridgehead atoms. The van der Waals surface area contributed by atoms with Crippen LogP contribution in [0.1, 0.15) is 52.9 Å². The van der Waals surface area contributed by atoms with Crippen molar-refractivity contribution < 1.29 is 29.3 Å². The Hall–Kier alpha value is -1.79. The molecule has 29 heavy (non-hydrogen) atoms. The van der Waals surface area contributed by atoms with E-state index in [-0.39, 0.29) is 42.3 Å². The molecule has 7 atom stereocenters. The Morgan fingerprint density at radius 3 is 2.72 bits per heavy atom. The molecule has 0 amide bonds. The molecule has 6 nitrogen and oxygen atoms in total. The number of hydrogen-bond acceptors (Lipinski definition) is 6. The van der Waals surface area contributed by atoms with Gasteiger partial charge in [0.05, 0.1) is 5.60 Å². The van der Waals surface area contributed by atoms with Crippen molar-refractivity contribution in [1.82, 2.24) is 0 Å².